The van der Waals surface area contributed by atoms with Crippen molar-refractivity contribution >= 4 is 23.4 Å². The lowest BCUT2D eigenvalue weighted by atomic mass is 10.2. The summed E-state index contributed by atoms with van der Waals surface area (Å²) < 4.78 is 0. The van der Waals surface area contributed by atoms with Crippen molar-refractivity contribution < 1.29 is 14.8 Å². The molecular formula is C13H10N2O4S. The Morgan fingerprint density at radius 1 is 1.35 bits per heavy atom. The summed E-state index contributed by atoms with van der Waals surface area (Å²) in [5.41, 5.74) is 0.704. The number of aromatic carboxylic acids is 1. The number of nitro benzene ring substituents is 1. The Morgan fingerprint density at radius 3 is 2.75 bits per heavy atom. The van der Waals surface area contributed by atoms with Crippen LogP contribution in [-0.2, 0) is 0 Å². The molecule has 1 aromatic carbocycles. The van der Waals surface area contributed by atoms with Crippen molar-refractivity contribution in [1.82, 2.24) is 4.98 Å². The molecule has 0 radical (unpaired) electrons. The van der Waals surface area contributed by atoms with Crippen LogP contribution in [0.4, 0.5) is 5.69 Å². The van der Waals surface area contributed by atoms with E-state index in [0.29, 0.717) is 9.79 Å². The summed E-state index contributed by atoms with van der Waals surface area (Å²) in [6.07, 6.45) is 1.37. The second-order valence-corrected chi connectivity index (χ2v) is 5.13. The number of aryl methyl sites for hydroxylation is 1. The number of hydrogen-bond donors (Lipinski definition) is 1. The Kier molecular flexibility index (Phi) is 3.99. The molecule has 102 valence electrons. The minimum absolute atomic E-state index is 0.00341. The van der Waals surface area contributed by atoms with Gasteiger partial charge in [-0.15, -0.1) is 0 Å². The van der Waals surface area contributed by atoms with Crippen LogP contribution in [0.2, 0.25) is 0 Å². The molecule has 0 aliphatic carbocycles. The molecule has 0 bridgehead atoms. The fourth-order valence-electron chi connectivity index (χ4n) is 1.57. The van der Waals surface area contributed by atoms with Gasteiger partial charge in [-0.1, -0.05) is 17.8 Å². The Hall–Kier alpha value is -2.41. The molecule has 2 aromatic rings. The lowest BCUT2D eigenvalue weighted by Crippen LogP contribution is -1.99. The standard InChI is InChI=1S/C13H10N2O4S/c1-8-2-3-12(11(6-8)15(18)19)20-9-4-5-14-10(7-9)13(16)17/h2-7H,1H3,(H,16,17). The molecule has 0 atom stereocenters. The fourth-order valence-corrected chi connectivity index (χ4v) is 2.50. The number of rotatable bonds is 4. The third-order valence-corrected chi connectivity index (χ3v) is 3.54. The molecule has 1 N–H and O–H groups in total. The SMILES string of the molecule is Cc1ccc(Sc2ccnc(C(=O)O)c2)c([N+](=O)[O-])c1. The van der Waals surface area contributed by atoms with E-state index in [1.807, 2.05) is 0 Å². The van der Waals surface area contributed by atoms with Crippen LogP contribution < -0.4 is 0 Å². The molecule has 0 aliphatic rings. The minimum atomic E-state index is -1.13. The lowest BCUT2D eigenvalue weighted by molar-refractivity contribution is -0.387. The van der Waals surface area contributed by atoms with Gasteiger partial charge in [-0.3, -0.25) is 10.1 Å². The number of pyridine rings is 1. The highest BCUT2D eigenvalue weighted by Gasteiger charge is 2.15. The molecule has 0 fully saturated rings. The van der Waals surface area contributed by atoms with Gasteiger partial charge in [-0.05, 0) is 30.7 Å². The number of aromatic nitrogens is 1. The maximum Gasteiger partial charge on any atom is 0.354 e. The Morgan fingerprint density at radius 2 is 2.10 bits per heavy atom. The molecule has 7 heteroatoms. The summed E-state index contributed by atoms with van der Waals surface area (Å²) in [6.45, 7) is 1.77. The van der Waals surface area contributed by atoms with Gasteiger partial charge in [-0.2, -0.15) is 0 Å². The van der Waals surface area contributed by atoms with Gasteiger partial charge in [0.05, 0.1) is 9.82 Å². The lowest BCUT2D eigenvalue weighted by Gasteiger charge is -2.04. The summed E-state index contributed by atoms with van der Waals surface area (Å²) >= 11 is 1.14. The monoisotopic (exact) mass is 290 g/mol. The number of benzene rings is 1. The molecule has 6 nitrogen and oxygen atoms in total. The molecule has 0 unspecified atom stereocenters. The highest BCUT2D eigenvalue weighted by molar-refractivity contribution is 7.99. The topological polar surface area (TPSA) is 93.3 Å². The van der Waals surface area contributed by atoms with Crippen LogP contribution in [0.5, 0.6) is 0 Å². The van der Waals surface area contributed by atoms with Crippen molar-refractivity contribution in [3.63, 3.8) is 0 Å². The predicted molar refractivity (Wildman–Crippen MR) is 73.2 cm³/mol. The van der Waals surface area contributed by atoms with E-state index in [9.17, 15) is 14.9 Å². The van der Waals surface area contributed by atoms with Crippen LogP contribution >= 0.6 is 11.8 Å². The molecule has 0 aliphatic heterocycles. The summed E-state index contributed by atoms with van der Waals surface area (Å²) in [5, 5.41) is 19.9. The maximum absolute atomic E-state index is 11.0. The molecule has 0 spiro atoms. The molecule has 2 rings (SSSR count). The first-order chi connectivity index (χ1) is 9.47. The summed E-state index contributed by atoms with van der Waals surface area (Å²) in [7, 11) is 0. The van der Waals surface area contributed by atoms with Crippen molar-refractivity contribution in [1.29, 1.82) is 0 Å². The molecule has 0 saturated heterocycles. The number of carboxylic acids is 1. The molecule has 1 heterocycles. The number of nitro groups is 1. The first kappa shape index (κ1) is 14.0. The highest BCUT2D eigenvalue weighted by Crippen LogP contribution is 2.35. The zero-order valence-corrected chi connectivity index (χ0v) is 11.3. The van der Waals surface area contributed by atoms with E-state index in [4.69, 9.17) is 5.11 Å². The van der Waals surface area contributed by atoms with Crippen LogP contribution in [0, 0.1) is 17.0 Å². The van der Waals surface area contributed by atoms with Crippen LogP contribution in [0.3, 0.4) is 0 Å². The van der Waals surface area contributed by atoms with Crippen molar-refractivity contribution in [3.8, 4) is 0 Å². The van der Waals surface area contributed by atoms with E-state index in [1.165, 1.54) is 18.3 Å². The molecule has 1 aromatic heterocycles. The van der Waals surface area contributed by atoms with Gasteiger partial charge >= 0.3 is 5.97 Å². The van der Waals surface area contributed by atoms with Crippen molar-refractivity contribution in [2.24, 2.45) is 0 Å². The number of carboxylic acid groups (broad SMARTS) is 1. The van der Waals surface area contributed by atoms with Crippen LogP contribution in [0.25, 0.3) is 0 Å². The quantitative estimate of drug-likeness (QED) is 0.686. The van der Waals surface area contributed by atoms with Crippen LogP contribution in [0.1, 0.15) is 16.1 Å². The van der Waals surface area contributed by atoms with E-state index >= 15 is 0 Å². The van der Waals surface area contributed by atoms with Gasteiger partial charge < -0.3 is 5.11 Å². The Bertz CT molecular complexity index is 688. The second kappa shape index (κ2) is 5.70. The van der Waals surface area contributed by atoms with E-state index in [0.717, 1.165) is 17.3 Å². The zero-order chi connectivity index (χ0) is 14.7. The van der Waals surface area contributed by atoms with E-state index in [-0.39, 0.29) is 11.4 Å². The van der Waals surface area contributed by atoms with Gasteiger partial charge in [0.15, 0.2) is 0 Å². The second-order valence-electron chi connectivity index (χ2n) is 4.01. The molecule has 0 saturated carbocycles. The van der Waals surface area contributed by atoms with E-state index in [1.54, 1.807) is 25.1 Å². The van der Waals surface area contributed by atoms with Crippen molar-refractivity contribution in [2.45, 2.75) is 16.7 Å². The zero-order valence-electron chi connectivity index (χ0n) is 10.4. The average molecular weight is 290 g/mol. The maximum atomic E-state index is 11.0. The minimum Gasteiger partial charge on any atom is -0.477 e. The largest absolute Gasteiger partial charge is 0.477 e. The first-order valence-electron chi connectivity index (χ1n) is 5.59. The van der Waals surface area contributed by atoms with E-state index < -0.39 is 10.9 Å². The third kappa shape index (κ3) is 3.12. The predicted octanol–water partition coefficient (Wildman–Crippen LogP) is 3.15. The van der Waals surface area contributed by atoms with Gasteiger partial charge in [0.25, 0.3) is 5.69 Å². The van der Waals surface area contributed by atoms with Crippen molar-refractivity contribution in [2.75, 3.05) is 0 Å². The average Bonchev–Trinajstić information content (AvgIpc) is 2.41. The highest BCUT2D eigenvalue weighted by atomic mass is 32.2. The van der Waals surface area contributed by atoms with Gasteiger partial charge in [-0.25, -0.2) is 9.78 Å². The Balaban J connectivity index is 2.37. The number of carbonyl (C=O) groups is 1. The Labute approximate surface area is 118 Å². The molecule has 0 amide bonds. The smallest absolute Gasteiger partial charge is 0.354 e. The summed E-state index contributed by atoms with van der Waals surface area (Å²) in [4.78, 5) is 26.2. The van der Waals surface area contributed by atoms with Crippen molar-refractivity contribution in [3.05, 3.63) is 57.9 Å². The summed E-state index contributed by atoms with van der Waals surface area (Å²) in [5.74, 6) is -1.13. The first-order valence-corrected chi connectivity index (χ1v) is 6.41. The molecular weight excluding hydrogens is 280 g/mol. The fraction of sp³-hybridized carbons (Fsp3) is 0.0769. The normalized spacial score (nSPS) is 10.2. The van der Waals surface area contributed by atoms with Crippen LogP contribution in [-0.4, -0.2) is 21.0 Å². The molecule has 20 heavy (non-hydrogen) atoms. The van der Waals surface area contributed by atoms with Gasteiger partial charge in [0.1, 0.15) is 5.69 Å². The van der Waals surface area contributed by atoms with Gasteiger partial charge in [0, 0.05) is 17.2 Å². The van der Waals surface area contributed by atoms with Crippen LogP contribution in [0.15, 0.2) is 46.3 Å². The van der Waals surface area contributed by atoms with Gasteiger partial charge in [0.2, 0.25) is 0 Å². The van der Waals surface area contributed by atoms with E-state index in [2.05, 4.69) is 4.98 Å². The number of hydrogen-bond acceptors (Lipinski definition) is 5. The third-order valence-electron chi connectivity index (χ3n) is 2.49. The number of nitrogens with zero attached hydrogens (tertiary/aromatic N) is 2. The summed E-state index contributed by atoms with van der Waals surface area (Å²) in [6, 6.07) is 7.91.